The van der Waals surface area contributed by atoms with E-state index in [4.69, 9.17) is 0 Å². The van der Waals surface area contributed by atoms with Gasteiger partial charge in [0.2, 0.25) is 0 Å². The zero-order valence-electron chi connectivity index (χ0n) is 13.9. The lowest BCUT2D eigenvalue weighted by Gasteiger charge is -2.38. The summed E-state index contributed by atoms with van der Waals surface area (Å²) in [6, 6.07) is 1.58. The van der Waals surface area contributed by atoms with E-state index in [0.29, 0.717) is 0 Å². The molecule has 1 aliphatic carbocycles. The number of hydrogen-bond donors (Lipinski definition) is 1. The van der Waals surface area contributed by atoms with E-state index in [2.05, 4.69) is 36.1 Å². The minimum absolute atomic E-state index is 0.772. The SMILES string of the molecule is CCNC1CCCCCC1CN1CCC(N(C)C)CC1. The highest BCUT2D eigenvalue weighted by Crippen LogP contribution is 2.26. The van der Waals surface area contributed by atoms with Crippen molar-refractivity contribution in [1.29, 1.82) is 0 Å². The van der Waals surface area contributed by atoms with Gasteiger partial charge in [0, 0.05) is 18.6 Å². The van der Waals surface area contributed by atoms with Crippen LogP contribution < -0.4 is 5.32 Å². The van der Waals surface area contributed by atoms with Crippen molar-refractivity contribution in [3.05, 3.63) is 0 Å². The van der Waals surface area contributed by atoms with Crippen molar-refractivity contribution in [2.24, 2.45) is 5.92 Å². The van der Waals surface area contributed by atoms with E-state index in [0.717, 1.165) is 24.5 Å². The topological polar surface area (TPSA) is 18.5 Å². The summed E-state index contributed by atoms with van der Waals surface area (Å²) in [6.45, 7) is 7.32. The lowest BCUT2D eigenvalue weighted by Crippen LogP contribution is -2.47. The second-order valence-electron chi connectivity index (χ2n) is 7.06. The van der Waals surface area contributed by atoms with Gasteiger partial charge in [-0.15, -0.1) is 0 Å². The van der Waals surface area contributed by atoms with Gasteiger partial charge in [0.05, 0.1) is 0 Å². The monoisotopic (exact) mass is 281 g/mol. The third-order valence-electron chi connectivity index (χ3n) is 5.41. The van der Waals surface area contributed by atoms with Crippen molar-refractivity contribution in [3.63, 3.8) is 0 Å². The average molecular weight is 281 g/mol. The fourth-order valence-corrected chi connectivity index (χ4v) is 4.08. The van der Waals surface area contributed by atoms with Gasteiger partial charge in [-0.2, -0.15) is 0 Å². The molecule has 0 spiro atoms. The van der Waals surface area contributed by atoms with E-state index in [9.17, 15) is 0 Å². The van der Waals surface area contributed by atoms with Crippen molar-refractivity contribution in [2.45, 2.75) is 64.0 Å². The maximum absolute atomic E-state index is 3.76. The quantitative estimate of drug-likeness (QED) is 0.781. The predicted molar refractivity (Wildman–Crippen MR) is 87.2 cm³/mol. The maximum atomic E-state index is 3.76. The summed E-state index contributed by atoms with van der Waals surface area (Å²) in [7, 11) is 4.46. The molecule has 2 rings (SSSR count). The minimum Gasteiger partial charge on any atom is -0.314 e. The largest absolute Gasteiger partial charge is 0.314 e. The Labute approximate surface area is 126 Å². The molecule has 1 saturated heterocycles. The van der Waals surface area contributed by atoms with Crippen LogP contribution in [-0.2, 0) is 0 Å². The predicted octanol–water partition coefficient (Wildman–Crippen LogP) is 2.57. The highest BCUT2D eigenvalue weighted by atomic mass is 15.2. The summed E-state index contributed by atoms with van der Waals surface area (Å²) >= 11 is 0. The van der Waals surface area contributed by atoms with Crippen LogP contribution in [0.1, 0.15) is 51.9 Å². The Morgan fingerprint density at radius 2 is 1.70 bits per heavy atom. The van der Waals surface area contributed by atoms with E-state index in [1.165, 1.54) is 64.6 Å². The second kappa shape index (κ2) is 8.35. The highest BCUT2D eigenvalue weighted by molar-refractivity contribution is 4.84. The molecule has 0 aromatic rings. The number of piperidine rings is 1. The smallest absolute Gasteiger partial charge is 0.0113 e. The highest BCUT2D eigenvalue weighted by Gasteiger charge is 2.27. The van der Waals surface area contributed by atoms with Crippen LogP contribution in [0.15, 0.2) is 0 Å². The van der Waals surface area contributed by atoms with Gasteiger partial charge in [-0.05, 0) is 65.3 Å². The van der Waals surface area contributed by atoms with Crippen LogP contribution in [0.25, 0.3) is 0 Å². The molecule has 1 heterocycles. The van der Waals surface area contributed by atoms with Crippen molar-refractivity contribution in [3.8, 4) is 0 Å². The average Bonchev–Trinajstić information content (AvgIpc) is 2.66. The number of hydrogen-bond acceptors (Lipinski definition) is 3. The molecular weight excluding hydrogens is 246 g/mol. The first-order valence-electron chi connectivity index (χ1n) is 8.83. The third-order valence-corrected chi connectivity index (χ3v) is 5.41. The molecule has 2 atom stereocenters. The van der Waals surface area contributed by atoms with Crippen LogP contribution >= 0.6 is 0 Å². The van der Waals surface area contributed by atoms with Crippen LogP contribution in [0, 0.1) is 5.92 Å². The van der Waals surface area contributed by atoms with Crippen LogP contribution in [0.4, 0.5) is 0 Å². The maximum Gasteiger partial charge on any atom is 0.0113 e. The molecule has 0 aromatic heterocycles. The van der Waals surface area contributed by atoms with E-state index < -0.39 is 0 Å². The Morgan fingerprint density at radius 1 is 1.00 bits per heavy atom. The molecule has 2 aliphatic rings. The summed E-state index contributed by atoms with van der Waals surface area (Å²) in [5.74, 6) is 0.883. The molecule has 1 aliphatic heterocycles. The molecule has 0 bridgehead atoms. The molecule has 2 fully saturated rings. The van der Waals surface area contributed by atoms with Crippen molar-refractivity contribution in [1.82, 2.24) is 15.1 Å². The molecule has 3 heteroatoms. The molecule has 20 heavy (non-hydrogen) atoms. The van der Waals surface area contributed by atoms with Gasteiger partial charge in [-0.25, -0.2) is 0 Å². The third kappa shape index (κ3) is 4.71. The Morgan fingerprint density at radius 3 is 2.35 bits per heavy atom. The van der Waals surface area contributed by atoms with Gasteiger partial charge in [0.25, 0.3) is 0 Å². The molecule has 2 unspecified atom stereocenters. The normalized spacial score (nSPS) is 30.6. The fraction of sp³-hybridized carbons (Fsp3) is 1.00. The molecule has 1 saturated carbocycles. The van der Waals surface area contributed by atoms with Crippen LogP contribution in [0.2, 0.25) is 0 Å². The summed E-state index contributed by atoms with van der Waals surface area (Å²) in [6.07, 6.45) is 9.85. The van der Waals surface area contributed by atoms with Crippen molar-refractivity contribution in [2.75, 3.05) is 40.3 Å². The lowest BCUT2D eigenvalue weighted by molar-refractivity contribution is 0.119. The van der Waals surface area contributed by atoms with E-state index in [1.807, 2.05) is 0 Å². The van der Waals surface area contributed by atoms with Gasteiger partial charge in [-0.1, -0.05) is 26.2 Å². The van der Waals surface area contributed by atoms with Gasteiger partial charge in [0.1, 0.15) is 0 Å². The Hall–Kier alpha value is -0.120. The van der Waals surface area contributed by atoms with Crippen LogP contribution in [0.5, 0.6) is 0 Å². The second-order valence-corrected chi connectivity index (χ2v) is 7.06. The number of nitrogens with one attached hydrogen (secondary N) is 1. The van der Waals surface area contributed by atoms with Gasteiger partial charge in [-0.3, -0.25) is 0 Å². The van der Waals surface area contributed by atoms with Gasteiger partial charge < -0.3 is 15.1 Å². The standard InChI is InChI=1S/C17H35N3/c1-4-18-17-9-7-5-6-8-15(17)14-20-12-10-16(11-13-20)19(2)3/h15-18H,4-14H2,1-3H3. The van der Waals surface area contributed by atoms with Gasteiger partial charge in [0.15, 0.2) is 0 Å². The van der Waals surface area contributed by atoms with Crippen LogP contribution in [-0.4, -0.2) is 62.2 Å². The summed E-state index contributed by atoms with van der Waals surface area (Å²) in [4.78, 5) is 5.14. The van der Waals surface area contributed by atoms with Crippen LogP contribution in [0.3, 0.4) is 0 Å². The van der Waals surface area contributed by atoms with Gasteiger partial charge >= 0.3 is 0 Å². The first-order valence-corrected chi connectivity index (χ1v) is 8.83. The van der Waals surface area contributed by atoms with E-state index in [-0.39, 0.29) is 0 Å². The summed E-state index contributed by atoms with van der Waals surface area (Å²) in [5.41, 5.74) is 0. The number of rotatable bonds is 5. The Kier molecular flexibility index (Phi) is 6.79. The Bertz CT molecular complexity index is 259. The van der Waals surface area contributed by atoms with E-state index >= 15 is 0 Å². The molecule has 0 amide bonds. The lowest BCUT2D eigenvalue weighted by atomic mass is 9.92. The minimum atomic E-state index is 0.772. The molecule has 0 radical (unpaired) electrons. The van der Waals surface area contributed by atoms with Crippen molar-refractivity contribution < 1.29 is 0 Å². The molecule has 1 N–H and O–H groups in total. The molecule has 0 aromatic carbocycles. The summed E-state index contributed by atoms with van der Waals surface area (Å²) in [5, 5.41) is 3.76. The molecule has 3 nitrogen and oxygen atoms in total. The molecule has 118 valence electrons. The molecular formula is C17H35N3. The number of likely N-dealkylation sites (tertiary alicyclic amines) is 1. The van der Waals surface area contributed by atoms with Crippen molar-refractivity contribution >= 4 is 0 Å². The summed E-state index contributed by atoms with van der Waals surface area (Å²) < 4.78 is 0. The first kappa shape index (κ1) is 16.3. The van der Waals surface area contributed by atoms with E-state index in [1.54, 1.807) is 0 Å². The zero-order valence-corrected chi connectivity index (χ0v) is 13.9. The Balaban J connectivity index is 1.81. The first-order chi connectivity index (χ1) is 9.70. The zero-order chi connectivity index (χ0) is 14.4. The number of nitrogens with zero attached hydrogens (tertiary/aromatic N) is 2. The fourth-order valence-electron chi connectivity index (χ4n) is 4.08.